The Morgan fingerprint density at radius 1 is 1.25 bits per heavy atom. The van der Waals surface area contributed by atoms with Crippen molar-refractivity contribution in [2.24, 2.45) is 10.9 Å². The Kier molecular flexibility index (Phi) is 7.01. The van der Waals surface area contributed by atoms with E-state index in [0.29, 0.717) is 29.3 Å². The number of ether oxygens (including phenoxy) is 1. The van der Waals surface area contributed by atoms with Gasteiger partial charge in [0.25, 0.3) is 0 Å². The molecule has 0 aromatic heterocycles. The van der Waals surface area contributed by atoms with Crippen molar-refractivity contribution in [2.75, 3.05) is 13.1 Å². The molecule has 1 saturated carbocycles. The number of aromatic carboxylic acids is 1. The van der Waals surface area contributed by atoms with Gasteiger partial charge in [0.2, 0.25) is 5.91 Å². The molecule has 0 unspecified atom stereocenters. The second-order valence-electron chi connectivity index (χ2n) is 9.31. The Balaban J connectivity index is 1.95. The minimum absolute atomic E-state index is 0.0774. The minimum Gasteiger partial charge on any atom is -0.478 e. The molecule has 1 aromatic carbocycles. The third-order valence-electron chi connectivity index (χ3n) is 5.10. The van der Waals surface area contributed by atoms with Gasteiger partial charge in [-0.1, -0.05) is 13.0 Å². The summed E-state index contributed by atoms with van der Waals surface area (Å²) in [5, 5.41) is 12.0. The zero-order valence-corrected chi connectivity index (χ0v) is 19.1. The van der Waals surface area contributed by atoms with E-state index in [1.807, 2.05) is 11.8 Å². The van der Waals surface area contributed by atoms with E-state index in [0.717, 1.165) is 25.8 Å². The molecule has 0 atom stereocenters. The van der Waals surface area contributed by atoms with Crippen LogP contribution in [0.2, 0.25) is 0 Å². The molecule has 8 heteroatoms. The highest BCUT2D eigenvalue weighted by Gasteiger charge is 2.29. The maximum absolute atomic E-state index is 13.4. The van der Waals surface area contributed by atoms with Crippen molar-refractivity contribution in [3.05, 3.63) is 34.9 Å². The number of amidine groups is 1. The third-order valence-corrected chi connectivity index (χ3v) is 5.10. The van der Waals surface area contributed by atoms with Crippen LogP contribution >= 0.6 is 0 Å². The van der Waals surface area contributed by atoms with Crippen LogP contribution in [0.5, 0.6) is 0 Å². The summed E-state index contributed by atoms with van der Waals surface area (Å²) in [5.41, 5.74) is 0.884. The van der Waals surface area contributed by atoms with Gasteiger partial charge >= 0.3 is 12.1 Å². The average Bonchev–Trinajstić information content (AvgIpc) is 3.51. The molecule has 1 fully saturated rings. The predicted octanol–water partition coefficient (Wildman–Crippen LogP) is 4.38. The minimum atomic E-state index is -1.08. The SMILES string of the molecule is CCCN(CC1CC1)C(=O)C1=Cc2ccc(C(=O)O)cc2N=C(NC(=O)OC(C)(C)C)C1. The molecule has 32 heavy (non-hydrogen) atoms. The predicted molar refractivity (Wildman–Crippen MR) is 122 cm³/mol. The van der Waals surface area contributed by atoms with Gasteiger partial charge < -0.3 is 14.7 Å². The van der Waals surface area contributed by atoms with Gasteiger partial charge in [-0.25, -0.2) is 14.6 Å². The number of carbonyl (C=O) groups excluding carboxylic acids is 2. The monoisotopic (exact) mass is 441 g/mol. The van der Waals surface area contributed by atoms with E-state index in [1.54, 1.807) is 32.9 Å². The Morgan fingerprint density at radius 2 is 1.97 bits per heavy atom. The standard InChI is InChI=1S/C24H31N3O5/c1-5-10-27(14-15-6-7-15)21(28)18-11-16-8-9-17(22(29)30)12-19(16)25-20(13-18)26-23(31)32-24(2,3)4/h8-9,11-12,15H,5-7,10,13-14H2,1-4H3,(H,29,30)(H,25,26,31). The lowest BCUT2D eigenvalue weighted by atomic mass is 10.0. The molecule has 0 spiro atoms. The zero-order valence-electron chi connectivity index (χ0n) is 19.1. The molecule has 0 radical (unpaired) electrons. The normalized spacial score (nSPS) is 15.6. The van der Waals surface area contributed by atoms with Gasteiger partial charge in [0.05, 0.1) is 11.3 Å². The van der Waals surface area contributed by atoms with Gasteiger partial charge in [0.15, 0.2) is 0 Å². The van der Waals surface area contributed by atoms with Gasteiger partial charge in [0.1, 0.15) is 11.4 Å². The summed E-state index contributed by atoms with van der Waals surface area (Å²) < 4.78 is 5.33. The van der Waals surface area contributed by atoms with Crippen molar-refractivity contribution >= 4 is 35.6 Å². The zero-order chi connectivity index (χ0) is 23.5. The summed E-state index contributed by atoms with van der Waals surface area (Å²) in [5.74, 6) is -0.376. The van der Waals surface area contributed by atoms with Crippen LogP contribution < -0.4 is 5.32 Å². The van der Waals surface area contributed by atoms with Gasteiger partial charge in [-0.3, -0.25) is 10.1 Å². The number of aliphatic imine (C=N–C) groups is 1. The quantitative estimate of drug-likeness (QED) is 0.681. The van der Waals surface area contributed by atoms with Crippen LogP contribution in [0.25, 0.3) is 6.08 Å². The first-order valence-electron chi connectivity index (χ1n) is 11.0. The molecule has 2 N–H and O–H groups in total. The highest BCUT2D eigenvalue weighted by Crippen LogP contribution is 2.32. The summed E-state index contributed by atoms with van der Waals surface area (Å²) in [4.78, 5) is 43.5. The van der Waals surface area contributed by atoms with E-state index in [-0.39, 0.29) is 23.7 Å². The lowest BCUT2D eigenvalue weighted by Gasteiger charge is -2.24. The van der Waals surface area contributed by atoms with E-state index >= 15 is 0 Å². The van der Waals surface area contributed by atoms with Crippen LogP contribution in [0.15, 0.2) is 28.8 Å². The molecule has 0 bridgehead atoms. The number of nitrogens with one attached hydrogen (secondary N) is 1. The lowest BCUT2D eigenvalue weighted by molar-refractivity contribution is -0.127. The first kappa shape index (κ1) is 23.5. The van der Waals surface area contributed by atoms with Crippen molar-refractivity contribution in [2.45, 2.75) is 59.0 Å². The fraction of sp³-hybridized carbons (Fsp3) is 0.500. The van der Waals surface area contributed by atoms with Crippen molar-refractivity contribution in [3.8, 4) is 0 Å². The largest absolute Gasteiger partial charge is 0.478 e. The van der Waals surface area contributed by atoms with E-state index < -0.39 is 17.7 Å². The van der Waals surface area contributed by atoms with Crippen LogP contribution in [0, 0.1) is 5.92 Å². The molecule has 1 heterocycles. The fourth-order valence-electron chi connectivity index (χ4n) is 3.49. The molecule has 172 valence electrons. The number of fused-ring (bicyclic) bond motifs is 1. The summed E-state index contributed by atoms with van der Waals surface area (Å²) in [6.45, 7) is 8.68. The van der Waals surface area contributed by atoms with Crippen LogP contribution in [0.1, 0.15) is 69.3 Å². The molecule has 0 saturated heterocycles. The van der Waals surface area contributed by atoms with Crippen molar-refractivity contribution < 1.29 is 24.2 Å². The molecule has 1 aromatic rings. The van der Waals surface area contributed by atoms with Gasteiger partial charge in [-0.15, -0.1) is 0 Å². The van der Waals surface area contributed by atoms with Crippen LogP contribution in [-0.2, 0) is 9.53 Å². The third kappa shape index (κ3) is 6.42. The van der Waals surface area contributed by atoms with Crippen LogP contribution in [0.4, 0.5) is 10.5 Å². The number of carbonyl (C=O) groups is 3. The molecular weight excluding hydrogens is 410 g/mol. The number of carboxylic acids is 1. The number of hydrogen-bond acceptors (Lipinski definition) is 5. The highest BCUT2D eigenvalue weighted by atomic mass is 16.6. The molecular formula is C24H31N3O5. The van der Waals surface area contributed by atoms with Crippen molar-refractivity contribution in [1.82, 2.24) is 10.2 Å². The summed E-state index contributed by atoms with van der Waals surface area (Å²) in [7, 11) is 0. The molecule has 2 aliphatic rings. The molecule has 1 aliphatic heterocycles. The highest BCUT2D eigenvalue weighted by molar-refractivity contribution is 6.08. The van der Waals surface area contributed by atoms with E-state index in [9.17, 15) is 19.5 Å². The smallest absolute Gasteiger partial charge is 0.413 e. The van der Waals surface area contributed by atoms with Gasteiger partial charge in [0, 0.05) is 30.6 Å². The second-order valence-corrected chi connectivity index (χ2v) is 9.31. The first-order valence-corrected chi connectivity index (χ1v) is 11.0. The molecule has 2 amide bonds. The van der Waals surface area contributed by atoms with Gasteiger partial charge in [-0.2, -0.15) is 0 Å². The lowest BCUT2D eigenvalue weighted by Crippen LogP contribution is -2.38. The van der Waals surface area contributed by atoms with E-state index in [2.05, 4.69) is 10.3 Å². The van der Waals surface area contributed by atoms with E-state index in [4.69, 9.17) is 4.74 Å². The number of amides is 2. The maximum atomic E-state index is 13.4. The summed E-state index contributed by atoms with van der Waals surface area (Å²) >= 11 is 0. The maximum Gasteiger partial charge on any atom is 0.413 e. The number of rotatable bonds is 6. The molecule has 1 aliphatic carbocycles. The van der Waals surface area contributed by atoms with Crippen molar-refractivity contribution in [3.63, 3.8) is 0 Å². The summed E-state index contributed by atoms with van der Waals surface area (Å²) in [6, 6.07) is 4.55. The Morgan fingerprint density at radius 3 is 2.56 bits per heavy atom. The number of benzene rings is 1. The number of nitrogens with zero attached hydrogens (tertiary/aromatic N) is 2. The van der Waals surface area contributed by atoms with E-state index in [1.165, 1.54) is 12.1 Å². The molecule has 8 nitrogen and oxygen atoms in total. The van der Waals surface area contributed by atoms with Crippen molar-refractivity contribution in [1.29, 1.82) is 0 Å². The second kappa shape index (κ2) is 9.54. The average molecular weight is 442 g/mol. The molecule has 3 rings (SSSR count). The Labute approximate surface area is 188 Å². The van der Waals surface area contributed by atoms with Gasteiger partial charge in [-0.05, 0) is 64.2 Å². The topological polar surface area (TPSA) is 108 Å². The van der Waals surface area contributed by atoms with Crippen LogP contribution in [-0.4, -0.2) is 52.5 Å². The first-order chi connectivity index (χ1) is 15.1. The number of alkyl carbamates (subject to hydrolysis) is 1. The Hall–Kier alpha value is -3.16. The van der Waals surface area contributed by atoms with Crippen LogP contribution in [0.3, 0.4) is 0 Å². The summed E-state index contributed by atoms with van der Waals surface area (Å²) in [6.07, 6.45) is 4.30. The number of hydrogen-bond donors (Lipinski definition) is 2. The number of carboxylic acid groups (broad SMARTS) is 1. The fourth-order valence-corrected chi connectivity index (χ4v) is 3.49. The Bertz CT molecular complexity index is 970.